The van der Waals surface area contributed by atoms with Crippen molar-refractivity contribution in [3.8, 4) is 0 Å². The second kappa shape index (κ2) is 1.55. The predicted molar refractivity (Wildman–Crippen MR) is 29.3 cm³/mol. The summed E-state index contributed by atoms with van der Waals surface area (Å²) in [5, 5.41) is 3.63. The van der Waals surface area contributed by atoms with E-state index >= 15 is 0 Å². The van der Waals surface area contributed by atoms with Gasteiger partial charge in [-0.1, -0.05) is 6.58 Å². The van der Waals surface area contributed by atoms with E-state index < -0.39 is 0 Å². The van der Waals surface area contributed by atoms with Crippen molar-refractivity contribution < 1.29 is 0 Å². The van der Waals surface area contributed by atoms with Gasteiger partial charge in [-0.05, 0) is 0 Å². The summed E-state index contributed by atoms with van der Waals surface area (Å²) >= 11 is 0. The van der Waals surface area contributed by atoms with Crippen LogP contribution in [0.3, 0.4) is 0 Å². The summed E-state index contributed by atoms with van der Waals surface area (Å²) in [6, 6.07) is 0. The average Bonchev–Trinajstić information content (AvgIpc) is 1.69. The van der Waals surface area contributed by atoms with Crippen molar-refractivity contribution in [1.29, 1.82) is 0 Å². The lowest BCUT2D eigenvalue weighted by molar-refractivity contribution is 1.04. The van der Waals surface area contributed by atoms with Crippen LogP contribution in [0.15, 0.2) is 22.4 Å². The molecule has 1 rings (SSSR count). The topological polar surface area (TPSA) is 36.8 Å². The van der Waals surface area contributed by atoms with Crippen molar-refractivity contribution in [3.63, 3.8) is 0 Å². The first-order valence-corrected chi connectivity index (χ1v) is 1.89. The summed E-state index contributed by atoms with van der Waals surface area (Å²) < 4.78 is 0. The smallest absolute Gasteiger partial charge is 0.109 e. The Hall–Kier alpha value is -1.12. The largest absolute Gasteiger partial charge is 0.268 e. The molecule has 1 heterocycles. The molecule has 0 bridgehead atoms. The highest BCUT2D eigenvalue weighted by Gasteiger charge is 1.83. The van der Waals surface area contributed by atoms with Gasteiger partial charge in [-0.25, -0.2) is 4.99 Å². The van der Waals surface area contributed by atoms with Gasteiger partial charge in [-0.15, -0.1) is 0 Å². The monoisotopic (exact) mass is 95.0 g/mol. The molecule has 0 aromatic carbocycles. The van der Waals surface area contributed by atoms with Crippen LogP contribution in [0.4, 0.5) is 0 Å². The fourth-order valence-corrected chi connectivity index (χ4v) is 0.290. The molecule has 3 heteroatoms. The molecule has 0 saturated carbocycles. The number of hydrazone groups is 1. The van der Waals surface area contributed by atoms with E-state index in [4.69, 9.17) is 0 Å². The normalized spacial score (nSPS) is 16.9. The molecule has 36 valence electrons. The molecule has 0 fully saturated rings. The van der Waals surface area contributed by atoms with E-state index in [0.29, 0.717) is 5.70 Å². The molecule has 0 aromatic rings. The number of rotatable bonds is 0. The van der Waals surface area contributed by atoms with Gasteiger partial charge >= 0.3 is 0 Å². The zero-order valence-electron chi connectivity index (χ0n) is 3.76. The summed E-state index contributed by atoms with van der Waals surface area (Å²) in [6.45, 7) is 3.53. The van der Waals surface area contributed by atoms with Gasteiger partial charge in [-0.2, -0.15) is 5.10 Å². The molecule has 0 atom stereocenters. The highest BCUT2D eigenvalue weighted by Crippen LogP contribution is 1.86. The van der Waals surface area contributed by atoms with Gasteiger partial charge < -0.3 is 0 Å². The van der Waals surface area contributed by atoms with Crippen LogP contribution >= 0.6 is 0 Å². The van der Waals surface area contributed by atoms with Crippen LogP contribution in [-0.2, 0) is 0 Å². The number of nitrogens with one attached hydrogen (secondary N) is 1. The Morgan fingerprint density at radius 3 is 2.86 bits per heavy atom. The minimum absolute atomic E-state index is 0.679. The number of aliphatic imine (C=N–C) groups is 1. The minimum Gasteiger partial charge on any atom is -0.268 e. The molecule has 3 nitrogen and oxygen atoms in total. The van der Waals surface area contributed by atoms with E-state index in [1.165, 1.54) is 6.34 Å². The zero-order chi connectivity index (χ0) is 5.11. The Balaban J connectivity index is 2.66. The Bertz CT molecular complexity index is 120. The summed E-state index contributed by atoms with van der Waals surface area (Å²) in [4.78, 5) is 3.75. The lowest BCUT2D eigenvalue weighted by atomic mass is 10.5. The third-order valence-corrected chi connectivity index (χ3v) is 0.576. The first kappa shape index (κ1) is 4.05. The van der Waals surface area contributed by atoms with Gasteiger partial charge in [0.05, 0.1) is 11.9 Å². The second-order valence-corrected chi connectivity index (χ2v) is 1.14. The summed E-state index contributed by atoms with van der Waals surface area (Å²) in [5.41, 5.74) is 3.21. The second-order valence-electron chi connectivity index (χ2n) is 1.14. The van der Waals surface area contributed by atoms with Crippen molar-refractivity contribution >= 4 is 12.6 Å². The first-order valence-electron chi connectivity index (χ1n) is 1.89. The number of nitrogens with zero attached hydrogens (tertiary/aromatic N) is 2. The molecule has 1 N–H and O–H groups in total. The highest BCUT2D eigenvalue weighted by atomic mass is 15.3. The Morgan fingerprint density at radius 1 is 1.71 bits per heavy atom. The molecule has 0 aliphatic carbocycles. The molecule has 0 radical (unpaired) electrons. The molecule has 0 aromatic heterocycles. The van der Waals surface area contributed by atoms with E-state index in [2.05, 4.69) is 22.1 Å². The molecular formula is C4H5N3. The quantitative estimate of drug-likeness (QED) is 0.455. The van der Waals surface area contributed by atoms with Crippen LogP contribution in [0.5, 0.6) is 0 Å². The average molecular weight is 95.1 g/mol. The SMILES string of the molecule is C=C1C=NNC=N1. The van der Waals surface area contributed by atoms with Crippen molar-refractivity contribution in [2.24, 2.45) is 10.1 Å². The maximum absolute atomic E-state index is 3.75. The molecule has 0 spiro atoms. The Labute approximate surface area is 41.4 Å². The standard InChI is InChI=1S/C4H5N3/c1-4-2-6-7-3-5-4/h2-3H,1H2,(H,5,7). The van der Waals surface area contributed by atoms with Crippen LogP contribution in [0.25, 0.3) is 0 Å². The van der Waals surface area contributed by atoms with E-state index in [0.717, 1.165) is 0 Å². The van der Waals surface area contributed by atoms with Crippen LogP contribution in [0.2, 0.25) is 0 Å². The lowest BCUT2D eigenvalue weighted by Gasteiger charge is -1.94. The van der Waals surface area contributed by atoms with E-state index in [-0.39, 0.29) is 0 Å². The Kier molecular flexibility index (Phi) is 0.898. The van der Waals surface area contributed by atoms with Crippen LogP contribution < -0.4 is 5.43 Å². The third-order valence-electron chi connectivity index (χ3n) is 0.576. The highest BCUT2D eigenvalue weighted by molar-refractivity contribution is 5.82. The van der Waals surface area contributed by atoms with E-state index in [1.54, 1.807) is 6.21 Å². The molecule has 0 unspecified atom stereocenters. The molecule has 0 saturated heterocycles. The van der Waals surface area contributed by atoms with E-state index in [9.17, 15) is 0 Å². The molecule has 1 aliphatic heterocycles. The maximum Gasteiger partial charge on any atom is 0.109 e. The molecule has 7 heavy (non-hydrogen) atoms. The lowest BCUT2D eigenvalue weighted by Crippen LogP contribution is -2.06. The predicted octanol–water partition coefficient (Wildman–Crippen LogP) is 0.117. The fraction of sp³-hybridized carbons (Fsp3) is 0. The van der Waals surface area contributed by atoms with Gasteiger partial charge in [-0.3, -0.25) is 5.43 Å². The number of hydrogen-bond acceptors (Lipinski definition) is 3. The van der Waals surface area contributed by atoms with Gasteiger partial charge in [0.25, 0.3) is 0 Å². The number of hydrogen-bond donors (Lipinski definition) is 1. The van der Waals surface area contributed by atoms with Gasteiger partial charge in [0.15, 0.2) is 0 Å². The summed E-state index contributed by atoms with van der Waals surface area (Å²) in [6.07, 6.45) is 3.04. The maximum atomic E-state index is 3.75. The summed E-state index contributed by atoms with van der Waals surface area (Å²) in [5.74, 6) is 0. The van der Waals surface area contributed by atoms with Crippen molar-refractivity contribution in [2.75, 3.05) is 0 Å². The van der Waals surface area contributed by atoms with Gasteiger partial charge in [0.1, 0.15) is 6.34 Å². The van der Waals surface area contributed by atoms with Gasteiger partial charge in [0, 0.05) is 0 Å². The van der Waals surface area contributed by atoms with Crippen molar-refractivity contribution in [1.82, 2.24) is 5.43 Å². The molecule has 0 amide bonds. The molecule has 1 aliphatic rings. The zero-order valence-corrected chi connectivity index (χ0v) is 3.76. The Morgan fingerprint density at radius 2 is 2.57 bits per heavy atom. The molecular weight excluding hydrogens is 90.1 g/mol. The van der Waals surface area contributed by atoms with Gasteiger partial charge in [0.2, 0.25) is 0 Å². The summed E-state index contributed by atoms with van der Waals surface area (Å²) in [7, 11) is 0. The van der Waals surface area contributed by atoms with Crippen LogP contribution in [-0.4, -0.2) is 12.6 Å². The fourth-order valence-electron chi connectivity index (χ4n) is 0.290. The third kappa shape index (κ3) is 0.855. The first-order chi connectivity index (χ1) is 3.39. The number of allylic oxidation sites excluding steroid dienone is 1. The van der Waals surface area contributed by atoms with Crippen molar-refractivity contribution in [3.05, 3.63) is 12.3 Å². The van der Waals surface area contributed by atoms with Crippen LogP contribution in [0.1, 0.15) is 0 Å². The minimum atomic E-state index is 0.679. The van der Waals surface area contributed by atoms with E-state index in [1.807, 2.05) is 0 Å². The van der Waals surface area contributed by atoms with Crippen molar-refractivity contribution in [2.45, 2.75) is 0 Å². The van der Waals surface area contributed by atoms with Crippen LogP contribution in [0, 0.1) is 0 Å².